The Kier molecular flexibility index (Phi) is 16.0. The number of aliphatic hydroxyl groups excluding tert-OH is 1. The largest absolute Gasteiger partial charge is 0.391 e. The summed E-state index contributed by atoms with van der Waals surface area (Å²) >= 11 is 1.57. The number of amides is 3. The summed E-state index contributed by atoms with van der Waals surface area (Å²) in [5.74, 6) is -1.17. The van der Waals surface area contributed by atoms with Crippen LogP contribution in [0.5, 0.6) is 0 Å². The molecule has 1 aliphatic heterocycles. The van der Waals surface area contributed by atoms with Crippen LogP contribution in [0.4, 0.5) is 0 Å². The molecule has 1 aliphatic rings. The van der Waals surface area contributed by atoms with Gasteiger partial charge in [0.15, 0.2) is 5.78 Å². The number of ether oxygens (including phenoxy) is 4. The molecule has 13 nitrogen and oxygen atoms in total. The molecule has 1 fully saturated rings. The van der Waals surface area contributed by atoms with Crippen molar-refractivity contribution in [3.8, 4) is 10.4 Å². The number of hydrogen-bond acceptors (Lipinski definition) is 11. The van der Waals surface area contributed by atoms with E-state index in [0.717, 1.165) is 21.7 Å². The van der Waals surface area contributed by atoms with Crippen molar-refractivity contribution >= 4 is 34.8 Å². The molecule has 0 bridgehead atoms. The molecular formula is C34H50N4O9S. The van der Waals surface area contributed by atoms with Crippen LogP contribution in [-0.2, 0) is 44.7 Å². The third-order valence-electron chi connectivity index (χ3n) is 7.61. The van der Waals surface area contributed by atoms with E-state index in [2.05, 4.69) is 15.6 Å². The first-order chi connectivity index (χ1) is 22.9. The van der Waals surface area contributed by atoms with E-state index in [9.17, 15) is 24.3 Å². The van der Waals surface area contributed by atoms with Gasteiger partial charge in [-0.3, -0.25) is 19.2 Å². The van der Waals surface area contributed by atoms with Gasteiger partial charge in [0.05, 0.1) is 68.4 Å². The lowest BCUT2D eigenvalue weighted by atomic mass is 9.85. The van der Waals surface area contributed by atoms with Gasteiger partial charge in [0.2, 0.25) is 17.7 Å². The quantitative estimate of drug-likeness (QED) is 0.176. The van der Waals surface area contributed by atoms with E-state index in [1.807, 2.05) is 57.5 Å². The van der Waals surface area contributed by atoms with Crippen molar-refractivity contribution in [2.24, 2.45) is 5.41 Å². The number of thiazole rings is 1. The van der Waals surface area contributed by atoms with E-state index in [0.29, 0.717) is 33.0 Å². The van der Waals surface area contributed by atoms with Gasteiger partial charge in [0.25, 0.3) is 0 Å². The first-order valence-electron chi connectivity index (χ1n) is 16.2. The molecular weight excluding hydrogens is 640 g/mol. The van der Waals surface area contributed by atoms with Crippen molar-refractivity contribution in [1.82, 2.24) is 20.5 Å². The van der Waals surface area contributed by atoms with E-state index >= 15 is 0 Å². The predicted molar refractivity (Wildman–Crippen MR) is 180 cm³/mol. The topological polar surface area (TPSA) is 166 Å². The third-order valence-corrected chi connectivity index (χ3v) is 8.58. The van der Waals surface area contributed by atoms with E-state index in [1.165, 1.54) is 11.8 Å². The Morgan fingerprint density at radius 3 is 2.15 bits per heavy atom. The second-order valence-electron chi connectivity index (χ2n) is 12.8. The average molecular weight is 691 g/mol. The lowest BCUT2D eigenvalue weighted by Gasteiger charge is -2.35. The molecule has 14 heteroatoms. The van der Waals surface area contributed by atoms with E-state index < -0.39 is 29.5 Å². The van der Waals surface area contributed by atoms with E-state index in [1.54, 1.807) is 11.3 Å². The number of nitrogens with one attached hydrogen (secondary N) is 2. The van der Waals surface area contributed by atoms with Crippen LogP contribution in [-0.4, -0.2) is 116 Å². The number of aromatic nitrogens is 1. The minimum Gasteiger partial charge on any atom is -0.391 e. The number of aliphatic hydroxyl groups is 1. The van der Waals surface area contributed by atoms with Crippen molar-refractivity contribution in [2.45, 2.75) is 72.2 Å². The predicted octanol–water partition coefficient (Wildman–Crippen LogP) is 2.27. The molecule has 1 saturated heterocycles. The van der Waals surface area contributed by atoms with Gasteiger partial charge >= 0.3 is 0 Å². The number of nitrogens with zero attached hydrogens (tertiary/aromatic N) is 2. The van der Waals surface area contributed by atoms with E-state index in [4.69, 9.17) is 18.9 Å². The van der Waals surface area contributed by atoms with Crippen LogP contribution in [0, 0.1) is 12.3 Å². The fourth-order valence-electron chi connectivity index (χ4n) is 5.05. The molecule has 0 aliphatic carbocycles. The Morgan fingerprint density at radius 1 is 0.979 bits per heavy atom. The first kappa shape index (κ1) is 39.2. The highest BCUT2D eigenvalue weighted by molar-refractivity contribution is 7.13. The summed E-state index contributed by atoms with van der Waals surface area (Å²) in [6.07, 6.45) is -0.697. The first-order valence-corrected chi connectivity index (χ1v) is 17.1. The highest BCUT2D eigenvalue weighted by Gasteiger charge is 2.44. The summed E-state index contributed by atoms with van der Waals surface area (Å²) in [4.78, 5) is 57.4. The van der Waals surface area contributed by atoms with Crippen LogP contribution in [0.15, 0.2) is 29.8 Å². The lowest BCUT2D eigenvalue weighted by Crippen LogP contribution is -2.57. The highest BCUT2D eigenvalue weighted by Crippen LogP contribution is 2.28. The zero-order valence-corrected chi connectivity index (χ0v) is 29.4. The molecule has 2 heterocycles. The number of carbonyl (C=O) groups excluding carboxylic acids is 4. The van der Waals surface area contributed by atoms with Crippen molar-refractivity contribution < 1.29 is 43.2 Å². The van der Waals surface area contributed by atoms with Crippen molar-refractivity contribution in [1.29, 1.82) is 0 Å². The van der Waals surface area contributed by atoms with Crippen molar-refractivity contribution in [2.75, 3.05) is 59.4 Å². The maximum absolute atomic E-state index is 13.8. The number of rotatable bonds is 20. The number of carbonyl (C=O) groups is 4. The summed E-state index contributed by atoms with van der Waals surface area (Å²) < 4.78 is 21.4. The van der Waals surface area contributed by atoms with Crippen molar-refractivity contribution in [3.05, 3.63) is 41.0 Å². The smallest absolute Gasteiger partial charge is 0.246 e. The highest BCUT2D eigenvalue weighted by atomic mass is 32.1. The third kappa shape index (κ3) is 13.0. The zero-order chi connectivity index (χ0) is 35.1. The van der Waals surface area contributed by atoms with E-state index in [-0.39, 0.29) is 63.3 Å². The molecule has 266 valence electrons. The summed E-state index contributed by atoms with van der Waals surface area (Å²) in [5, 5.41) is 16.2. The zero-order valence-electron chi connectivity index (χ0n) is 28.6. The van der Waals surface area contributed by atoms with Crippen molar-refractivity contribution in [3.63, 3.8) is 0 Å². The van der Waals surface area contributed by atoms with Crippen LogP contribution in [0.3, 0.4) is 0 Å². The fraction of sp³-hybridized carbons (Fsp3) is 0.618. The molecule has 0 saturated carbocycles. The molecule has 3 amide bonds. The molecule has 1 aromatic carbocycles. The number of β-amino-alcohol motifs (C(OH)–C–C–N with tert-alkyl or cyclic N) is 1. The minimum absolute atomic E-state index is 0.00403. The molecule has 0 radical (unpaired) electrons. The van der Waals surface area contributed by atoms with Crippen LogP contribution < -0.4 is 10.6 Å². The molecule has 2 aromatic rings. The maximum atomic E-state index is 13.8. The fourth-order valence-corrected chi connectivity index (χ4v) is 5.87. The molecule has 0 spiro atoms. The second kappa shape index (κ2) is 19.7. The monoisotopic (exact) mass is 690 g/mol. The number of aryl methyl sites for hydroxylation is 1. The SMILES string of the molecule is CC(=O)COCCOCCOCCOCCC(=O)N[C@H](C(=O)N1C[C@H](O)C[C@H]1C(=O)NCc1ccc(-c2scnc2C)cc1)C(C)(C)C. The normalized spacial score (nSPS) is 16.9. The van der Waals surface area contributed by atoms with Gasteiger partial charge in [-0.2, -0.15) is 0 Å². The molecule has 3 N–H and O–H groups in total. The van der Waals surface area contributed by atoms with Crippen LogP contribution >= 0.6 is 11.3 Å². The Labute approximate surface area is 286 Å². The van der Waals surface area contributed by atoms with Gasteiger partial charge < -0.3 is 39.6 Å². The number of likely N-dealkylation sites (tertiary alicyclic amines) is 1. The standard InChI is InChI=1S/C34H50N4O9S/c1-23(39)21-47-17-16-46-15-14-45-13-12-44-11-10-29(41)37-31(34(3,4)5)33(43)38-20-27(40)18-28(38)32(42)35-19-25-6-8-26(9-7-25)30-24(2)36-22-48-30/h6-9,22,27-28,31,40H,10-21H2,1-5H3,(H,35,42)(H,37,41)/t27-,28+,31-/m1/s1. The lowest BCUT2D eigenvalue weighted by molar-refractivity contribution is -0.144. The Bertz CT molecular complexity index is 1330. The molecule has 3 atom stereocenters. The Balaban J connectivity index is 1.41. The van der Waals surface area contributed by atoms with Gasteiger partial charge in [-0.25, -0.2) is 4.98 Å². The van der Waals surface area contributed by atoms with Gasteiger partial charge in [-0.1, -0.05) is 45.0 Å². The maximum Gasteiger partial charge on any atom is 0.246 e. The van der Waals surface area contributed by atoms with Crippen LogP contribution in [0.1, 0.15) is 51.8 Å². The molecule has 3 rings (SSSR count). The number of hydrogen-bond donors (Lipinski definition) is 3. The van der Waals surface area contributed by atoms with Crippen LogP contribution in [0.25, 0.3) is 10.4 Å². The van der Waals surface area contributed by atoms with Gasteiger partial charge in [-0.05, 0) is 30.4 Å². The molecule has 1 aromatic heterocycles. The molecule has 48 heavy (non-hydrogen) atoms. The van der Waals surface area contributed by atoms with Gasteiger partial charge in [-0.15, -0.1) is 11.3 Å². The summed E-state index contributed by atoms with van der Waals surface area (Å²) in [6, 6.07) is 6.09. The molecule has 0 unspecified atom stereocenters. The summed E-state index contributed by atoms with van der Waals surface area (Å²) in [7, 11) is 0. The number of ketones is 1. The van der Waals surface area contributed by atoms with Gasteiger partial charge in [0.1, 0.15) is 18.7 Å². The van der Waals surface area contributed by atoms with Gasteiger partial charge in [0, 0.05) is 25.9 Å². The number of benzene rings is 1. The summed E-state index contributed by atoms with van der Waals surface area (Å²) in [6.45, 7) is 11.5. The second-order valence-corrected chi connectivity index (χ2v) is 13.6. The Morgan fingerprint density at radius 2 is 1.58 bits per heavy atom. The Hall–Kier alpha value is -3.27. The minimum atomic E-state index is -0.912. The van der Waals surface area contributed by atoms with Crippen LogP contribution in [0.2, 0.25) is 0 Å². The average Bonchev–Trinajstić information content (AvgIpc) is 3.65. The summed E-state index contributed by atoms with van der Waals surface area (Å²) in [5.41, 5.74) is 4.08. The number of Topliss-reactive ketones (excluding diaryl/α,β-unsaturated/α-hetero) is 1.